The Hall–Kier alpha value is -3.48. The number of nitrogens with zero attached hydrogens (tertiary/aromatic N) is 5. The highest BCUT2D eigenvalue weighted by Crippen LogP contribution is 2.36. The molecule has 40 heavy (non-hydrogen) atoms. The summed E-state index contributed by atoms with van der Waals surface area (Å²) in [4.78, 5) is 40.8. The highest BCUT2D eigenvalue weighted by atomic mass is 16.5. The second-order valence-corrected chi connectivity index (χ2v) is 10.9. The van der Waals surface area contributed by atoms with E-state index < -0.39 is 5.91 Å². The molecule has 0 unspecified atom stereocenters. The van der Waals surface area contributed by atoms with Crippen LogP contribution in [0.15, 0.2) is 18.2 Å². The summed E-state index contributed by atoms with van der Waals surface area (Å²) >= 11 is 0. The number of aliphatic hydroxyl groups excluding tert-OH is 1. The van der Waals surface area contributed by atoms with Gasteiger partial charge in [0, 0.05) is 57.1 Å². The lowest BCUT2D eigenvalue weighted by Crippen LogP contribution is -2.49. The highest BCUT2D eigenvalue weighted by Gasteiger charge is 2.27. The molecule has 2 aromatic rings. The minimum atomic E-state index is -0.674. The number of aryl methyl sites for hydroxylation is 1. The highest BCUT2D eigenvalue weighted by molar-refractivity contribution is 5.99. The van der Waals surface area contributed by atoms with Crippen LogP contribution in [0.3, 0.4) is 0 Å². The molecular formula is C28H40N8O4. The maximum Gasteiger partial charge on any atom is 0.271 e. The molecule has 2 fully saturated rings. The third-order valence-corrected chi connectivity index (χ3v) is 7.98. The number of hydrogen-bond donors (Lipinski definition) is 4. The van der Waals surface area contributed by atoms with Crippen LogP contribution in [-0.4, -0.2) is 102 Å². The van der Waals surface area contributed by atoms with Crippen molar-refractivity contribution in [3.05, 3.63) is 29.6 Å². The fourth-order valence-corrected chi connectivity index (χ4v) is 5.48. The second-order valence-electron chi connectivity index (χ2n) is 10.9. The molecule has 1 aromatic heterocycles. The van der Waals surface area contributed by atoms with Gasteiger partial charge in [0.25, 0.3) is 11.8 Å². The van der Waals surface area contributed by atoms with Crippen LogP contribution in [0.4, 0.5) is 23.0 Å². The molecule has 1 saturated carbocycles. The van der Waals surface area contributed by atoms with E-state index in [1.807, 2.05) is 19.1 Å². The van der Waals surface area contributed by atoms with Gasteiger partial charge >= 0.3 is 0 Å². The molecule has 3 aliphatic rings. The molecule has 2 aliphatic heterocycles. The molecule has 2 amide bonds. The van der Waals surface area contributed by atoms with E-state index in [-0.39, 0.29) is 36.2 Å². The molecule has 5 rings (SSSR count). The number of fused-ring (bicyclic) bond motifs is 1. The number of likely N-dealkylation sites (N-methyl/N-ethyl adjacent to an activating group) is 1. The Morgan fingerprint density at radius 3 is 2.55 bits per heavy atom. The molecule has 1 saturated heterocycles. The quantitative estimate of drug-likeness (QED) is 0.361. The van der Waals surface area contributed by atoms with Crippen molar-refractivity contribution in [3.63, 3.8) is 0 Å². The predicted octanol–water partition coefficient (Wildman–Crippen LogP) is 1.57. The Bertz CT molecular complexity index is 1230. The number of carbonyl (C=O) groups is 2. The molecule has 1 aliphatic carbocycles. The number of aliphatic hydroxyl groups is 1. The number of anilines is 4. The smallest absolute Gasteiger partial charge is 0.271 e. The maximum atomic E-state index is 12.7. The van der Waals surface area contributed by atoms with Gasteiger partial charge in [0.15, 0.2) is 18.1 Å². The Morgan fingerprint density at radius 2 is 1.85 bits per heavy atom. The fraction of sp³-hybridized carbons (Fsp3) is 0.571. The molecular weight excluding hydrogens is 512 g/mol. The van der Waals surface area contributed by atoms with Crippen LogP contribution in [0, 0.1) is 0 Å². The number of benzene rings is 1. The lowest BCUT2D eigenvalue weighted by atomic mass is 9.93. The van der Waals surface area contributed by atoms with Crippen molar-refractivity contribution in [2.45, 2.75) is 51.2 Å². The lowest BCUT2D eigenvalue weighted by molar-refractivity contribution is -0.121. The van der Waals surface area contributed by atoms with Gasteiger partial charge in [-0.3, -0.25) is 14.5 Å². The van der Waals surface area contributed by atoms with E-state index in [4.69, 9.17) is 15.5 Å². The summed E-state index contributed by atoms with van der Waals surface area (Å²) in [5, 5.41) is 16.5. The zero-order valence-corrected chi connectivity index (χ0v) is 23.4. The number of aromatic nitrogens is 2. The average Bonchev–Trinajstić information content (AvgIpc) is 2.94. The molecule has 12 nitrogen and oxygen atoms in total. The zero-order chi connectivity index (χ0) is 28.2. The van der Waals surface area contributed by atoms with Crippen LogP contribution in [0.1, 0.15) is 48.8 Å². The predicted molar refractivity (Wildman–Crippen MR) is 153 cm³/mol. The monoisotopic (exact) mass is 552 g/mol. The summed E-state index contributed by atoms with van der Waals surface area (Å²) < 4.78 is 5.79. The summed E-state index contributed by atoms with van der Waals surface area (Å²) in [6.45, 7) is 7.36. The molecule has 0 bridgehead atoms. The van der Waals surface area contributed by atoms with Crippen LogP contribution < -0.4 is 26.0 Å². The van der Waals surface area contributed by atoms with Gasteiger partial charge in [0.05, 0.1) is 17.5 Å². The van der Waals surface area contributed by atoms with E-state index in [9.17, 15) is 14.7 Å². The van der Waals surface area contributed by atoms with E-state index in [0.29, 0.717) is 35.9 Å². The summed E-state index contributed by atoms with van der Waals surface area (Å²) in [6.07, 6.45) is 3.46. The minimum Gasteiger partial charge on any atom is -0.481 e. The van der Waals surface area contributed by atoms with Crippen molar-refractivity contribution in [2.75, 3.05) is 68.5 Å². The van der Waals surface area contributed by atoms with Crippen LogP contribution in [0.2, 0.25) is 0 Å². The number of ether oxygens (including phenoxy) is 1. The first-order valence-corrected chi connectivity index (χ1v) is 14.2. The SMILES string of the molecule is CCc1nc(C(N)=O)c(Nc2ccc3c(c2)OCC(=O)N3CCN2CCN(C)CC2)nc1N[C@H]1CC[C@H](O)CC1. The van der Waals surface area contributed by atoms with Gasteiger partial charge in [-0.05, 0) is 51.3 Å². The molecule has 5 N–H and O–H groups in total. The molecule has 1 aromatic carbocycles. The molecule has 216 valence electrons. The van der Waals surface area contributed by atoms with Crippen LogP contribution in [0.5, 0.6) is 5.75 Å². The topological polar surface area (TPSA) is 149 Å². The maximum absolute atomic E-state index is 12.7. The van der Waals surface area contributed by atoms with Gasteiger partial charge in [-0.1, -0.05) is 6.92 Å². The number of primary amides is 1. The third-order valence-electron chi connectivity index (χ3n) is 7.98. The van der Waals surface area contributed by atoms with Crippen molar-refractivity contribution in [2.24, 2.45) is 5.73 Å². The molecule has 0 spiro atoms. The van der Waals surface area contributed by atoms with Crippen LogP contribution in [0.25, 0.3) is 0 Å². The Morgan fingerprint density at radius 1 is 1.10 bits per heavy atom. The van der Waals surface area contributed by atoms with Gasteiger partial charge in [-0.25, -0.2) is 9.97 Å². The second kappa shape index (κ2) is 12.4. The summed E-state index contributed by atoms with van der Waals surface area (Å²) in [6, 6.07) is 5.66. The zero-order valence-electron chi connectivity index (χ0n) is 23.4. The number of piperazine rings is 1. The van der Waals surface area contributed by atoms with Crippen LogP contribution in [-0.2, 0) is 11.2 Å². The third kappa shape index (κ3) is 6.45. The van der Waals surface area contributed by atoms with Crippen LogP contribution >= 0.6 is 0 Å². The van der Waals surface area contributed by atoms with Crippen molar-refractivity contribution in [1.29, 1.82) is 0 Å². The Kier molecular flexibility index (Phi) is 8.67. The Balaban J connectivity index is 1.34. The van der Waals surface area contributed by atoms with Gasteiger partial charge in [-0.15, -0.1) is 0 Å². The summed E-state index contributed by atoms with van der Waals surface area (Å²) in [5.74, 6) is 0.700. The van der Waals surface area contributed by atoms with Gasteiger partial charge < -0.3 is 36.0 Å². The van der Waals surface area contributed by atoms with Crippen molar-refractivity contribution >= 4 is 34.8 Å². The number of nitrogens with one attached hydrogen (secondary N) is 2. The van der Waals surface area contributed by atoms with Crippen molar-refractivity contribution in [3.8, 4) is 5.75 Å². The molecule has 3 heterocycles. The summed E-state index contributed by atoms with van der Waals surface area (Å²) in [5.41, 5.74) is 7.76. The number of hydrogen-bond acceptors (Lipinski definition) is 10. The normalized spacial score (nSPS) is 22.0. The van der Waals surface area contributed by atoms with Crippen molar-refractivity contribution < 1.29 is 19.4 Å². The minimum absolute atomic E-state index is 0.0269. The van der Waals surface area contributed by atoms with E-state index >= 15 is 0 Å². The van der Waals surface area contributed by atoms with E-state index in [1.54, 1.807) is 11.0 Å². The van der Waals surface area contributed by atoms with Crippen molar-refractivity contribution in [1.82, 2.24) is 19.8 Å². The van der Waals surface area contributed by atoms with E-state index in [0.717, 1.165) is 64.1 Å². The fourth-order valence-electron chi connectivity index (χ4n) is 5.48. The lowest BCUT2D eigenvalue weighted by Gasteiger charge is -2.35. The first-order valence-electron chi connectivity index (χ1n) is 14.2. The first kappa shape index (κ1) is 28.1. The number of amides is 2. The first-order chi connectivity index (χ1) is 19.3. The molecule has 12 heteroatoms. The molecule has 0 radical (unpaired) electrons. The average molecular weight is 553 g/mol. The number of carbonyl (C=O) groups excluding carboxylic acids is 2. The number of nitrogens with two attached hydrogens (primary N) is 1. The largest absolute Gasteiger partial charge is 0.481 e. The van der Waals surface area contributed by atoms with Gasteiger partial charge in [0.2, 0.25) is 0 Å². The standard InChI is InChI=1S/C28H40N8O4/c1-3-21-27(30-18-4-7-20(37)8-5-18)33-28(25(32-21)26(29)39)31-19-6-9-22-23(16-19)40-17-24(38)36(22)15-14-35-12-10-34(2)11-13-35/h6,9,16,18,20,37H,3-5,7-8,10-15,17H2,1-2H3,(H2,29,39)(H2,30,31,33)/t18-,20-. The van der Waals surface area contributed by atoms with E-state index in [1.165, 1.54) is 0 Å². The van der Waals surface area contributed by atoms with Gasteiger partial charge in [-0.2, -0.15) is 0 Å². The molecule has 0 atom stereocenters. The Labute approximate surface area is 234 Å². The summed E-state index contributed by atoms with van der Waals surface area (Å²) in [7, 11) is 2.13. The van der Waals surface area contributed by atoms with Gasteiger partial charge in [0.1, 0.15) is 11.6 Å². The number of rotatable bonds is 9. The van der Waals surface area contributed by atoms with E-state index in [2.05, 4.69) is 32.5 Å².